The molecule has 1 heterocycles. The molecule has 0 fully saturated rings. The van der Waals surface area contributed by atoms with E-state index in [9.17, 15) is 9.59 Å². The Hall–Kier alpha value is -2.23. The molecule has 0 radical (unpaired) electrons. The second-order valence-corrected chi connectivity index (χ2v) is 4.73. The van der Waals surface area contributed by atoms with Gasteiger partial charge >= 0.3 is 5.69 Å². The van der Waals surface area contributed by atoms with Crippen molar-refractivity contribution >= 4 is 5.78 Å². The van der Waals surface area contributed by atoms with Crippen molar-refractivity contribution in [1.82, 2.24) is 9.55 Å². The molecule has 0 aliphatic rings. The molecule has 0 saturated carbocycles. The number of carbonyl (C=O) groups excluding carboxylic acids is 1. The number of hydrogen-bond donors (Lipinski definition) is 0. The number of aromatic nitrogens is 2. The van der Waals surface area contributed by atoms with Gasteiger partial charge in [0.05, 0.1) is 6.54 Å². The molecule has 0 aliphatic heterocycles. The summed E-state index contributed by atoms with van der Waals surface area (Å²) in [7, 11) is 0. The summed E-state index contributed by atoms with van der Waals surface area (Å²) >= 11 is 0. The molecule has 0 amide bonds. The summed E-state index contributed by atoms with van der Waals surface area (Å²) in [6.45, 7) is 4.23. The predicted octanol–water partition coefficient (Wildman–Crippen LogP) is 2.25. The average Bonchev–Trinajstić information content (AvgIpc) is 2.41. The average molecular weight is 256 g/mol. The monoisotopic (exact) mass is 256 g/mol. The summed E-state index contributed by atoms with van der Waals surface area (Å²) in [5, 5.41) is 0. The van der Waals surface area contributed by atoms with Crippen molar-refractivity contribution in [3.8, 4) is 0 Å². The standard InChI is InChI=1S/C15H16N2O2/c1-11(2)12-4-6-13(7-5-12)14(18)10-17-9-3-8-16-15(17)19/h3-9,11H,10H2,1-2H3. The van der Waals surface area contributed by atoms with Gasteiger partial charge in [-0.2, -0.15) is 0 Å². The molecule has 0 atom stereocenters. The smallest absolute Gasteiger partial charge is 0.292 e. The van der Waals surface area contributed by atoms with Crippen LogP contribution in [-0.2, 0) is 6.54 Å². The van der Waals surface area contributed by atoms with E-state index in [1.807, 2.05) is 12.1 Å². The molecule has 2 aromatic rings. The molecule has 98 valence electrons. The van der Waals surface area contributed by atoms with E-state index in [1.165, 1.54) is 16.3 Å². The highest BCUT2D eigenvalue weighted by atomic mass is 16.2. The zero-order chi connectivity index (χ0) is 13.8. The molecule has 1 aromatic heterocycles. The Balaban J connectivity index is 2.17. The van der Waals surface area contributed by atoms with Crippen LogP contribution in [0.15, 0.2) is 47.5 Å². The van der Waals surface area contributed by atoms with Crippen LogP contribution < -0.4 is 5.69 Å². The Morgan fingerprint density at radius 1 is 1.26 bits per heavy atom. The Morgan fingerprint density at radius 3 is 2.53 bits per heavy atom. The summed E-state index contributed by atoms with van der Waals surface area (Å²) < 4.78 is 1.30. The lowest BCUT2D eigenvalue weighted by Gasteiger charge is -2.07. The maximum Gasteiger partial charge on any atom is 0.347 e. The zero-order valence-electron chi connectivity index (χ0n) is 11.0. The van der Waals surface area contributed by atoms with Crippen molar-refractivity contribution in [1.29, 1.82) is 0 Å². The second-order valence-electron chi connectivity index (χ2n) is 4.73. The van der Waals surface area contributed by atoms with Crippen LogP contribution in [0.4, 0.5) is 0 Å². The molecular weight excluding hydrogens is 240 g/mol. The molecule has 0 unspecified atom stereocenters. The Morgan fingerprint density at radius 2 is 1.95 bits per heavy atom. The quantitative estimate of drug-likeness (QED) is 0.788. The van der Waals surface area contributed by atoms with Gasteiger partial charge in [-0.25, -0.2) is 9.78 Å². The third-order valence-corrected chi connectivity index (χ3v) is 3.00. The van der Waals surface area contributed by atoms with Crippen LogP contribution in [-0.4, -0.2) is 15.3 Å². The van der Waals surface area contributed by atoms with Gasteiger partial charge in [-0.05, 0) is 17.5 Å². The van der Waals surface area contributed by atoms with Crippen molar-refractivity contribution in [3.63, 3.8) is 0 Å². The SMILES string of the molecule is CC(C)c1ccc(C(=O)Cn2cccnc2=O)cc1. The van der Waals surface area contributed by atoms with Crippen LogP contribution in [0.2, 0.25) is 0 Å². The largest absolute Gasteiger partial charge is 0.347 e. The third-order valence-electron chi connectivity index (χ3n) is 3.00. The van der Waals surface area contributed by atoms with E-state index in [1.54, 1.807) is 24.4 Å². The first kappa shape index (κ1) is 13.2. The molecule has 0 saturated heterocycles. The summed E-state index contributed by atoms with van der Waals surface area (Å²) in [4.78, 5) is 27.1. The first-order valence-electron chi connectivity index (χ1n) is 6.22. The molecular formula is C15H16N2O2. The minimum atomic E-state index is -0.408. The van der Waals surface area contributed by atoms with E-state index >= 15 is 0 Å². The van der Waals surface area contributed by atoms with Crippen molar-refractivity contribution in [2.75, 3.05) is 0 Å². The lowest BCUT2D eigenvalue weighted by atomic mass is 10.0. The fourth-order valence-electron chi connectivity index (χ4n) is 1.81. The van der Waals surface area contributed by atoms with Gasteiger partial charge in [-0.3, -0.25) is 9.36 Å². The highest BCUT2D eigenvalue weighted by Gasteiger charge is 2.08. The van der Waals surface area contributed by atoms with Crippen molar-refractivity contribution in [3.05, 3.63) is 64.3 Å². The van der Waals surface area contributed by atoms with E-state index in [-0.39, 0.29) is 12.3 Å². The second kappa shape index (κ2) is 5.61. The number of hydrogen-bond acceptors (Lipinski definition) is 3. The minimum absolute atomic E-state index is 0.0215. The van der Waals surface area contributed by atoms with Crippen molar-refractivity contribution < 1.29 is 4.79 Å². The highest BCUT2D eigenvalue weighted by molar-refractivity contribution is 5.95. The maximum atomic E-state index is 12.1. The number of carbonyl (C=O) groups is 1. The zero-order valence-corrected chi connectivity index (χ0v) is 11.0. The van der Waals surface area contributed by atoms with Crippen LogP contribution in [0, 0.1) is 0 Å². The number of rotatable bonds is 4. The third kappa shape index (κ3) is 3.16. The van der Waals surface area contributed by atoms with Crippen molar-refractivity contribution in [2.45, 2.75) is 26.3 Å². The molecule has 0 N–H and O–H groups in total. The van der Waals surface area contributed by atoms with Crippen LogP contribution >= 0.6 is 0 Å². The maximum absolute atomic E-state index is 12.1. The van der Waals surface area contributed by atoms with E-state index in [4.69, 9.17) is 0 Å². The normalized spacial score (nSPS) is 10.7. The number of benzene rings is 1. The van der Waals surface area contributed by atoms with Crippen LogP contribution in [0.5, 0.6) is 0 Å². The number of ketones is 1. The Kier molecular flexibility index (Phi) is 3.90. The van der Waals surface area contributed by atoms with E-state index < -0.39 is 5.69 Å². The Labute approximate surface area is 111 Å². The van der Waals surface area contributed by atoms with Gasteiger partial charge in [0.2, 0.25) is 0 Å². The Bertz CT molecular complexity index is 627. The van der Waals surface area contributed by atoms with Gasteiger partial charge in [-0.15, -0.1) is 0 Å². The van der Waals surface area contributed by atoms with Gasteiger partial charge in [0.15, 0.2) is 5.78 Å². The first-order valence-corrected chi connectivity index (χ1v) is 6.22. The number of nitrogens with zero attached hydrogens (tertiary/aromatic N) is 2. The number of Topliss-reactive ketones (excluding diaryl/α,β-unsaturated/α-hetero) is 1. The molecule has 0 spiro atoms. The van der Waals surface area contributed by atoms with Gasteiger partial charge < -0.3 is 0 Å². The van der Waals surface area contributed by atoms with E-state index in [0.29, 0.717) is 11.5 Å². The highest BCUT2D eigenvalue weighted by Crippen LogP contribution is 2.15. The van der Waals surface area contributed by atoms with Gasteiger partial charge in [0.25, 0.3) is 0 Å². The van der Waals surface area contributed by atoms with Crippen LogP contribution in [0.1, 0.15) is 35.7 Å². The summed E-state index contributed by atoms with van der Waals surface area (Å²) in [6.07, 6.45) is 2.98. The minimum Gasteiger partial charge on any atom is -0.292 e. The lowest BCUT2D eigenvalue weighted by molar-refractivity contribution is 0.0970. The molecule has 4 nitrogen and oxygen atoms in total. The summed E-state index contributed by atoms with van der Waals surface area (Å²) in [6, 6.07) is 9.14. The van der Waals surface area contributed by atoms with E-state index in [2.05, 4.69) is 18.8 Å². The molecule has 0 bridgehead atoms. The van der Waals surface area contributed by atoms with Crippen LogP contribution in [0.25, 0.3) is 0 Å². The fraction of sp³-hybridized carbons (Fsp3) is 0.267. The van der Waals surface area contributed by atoms with E-state index in [0.717, 1.165) is 0 Å². The van der Waals surface area contributed by atoms with Gasteiger partial charge in [0.1, 0.15) is 0 Å². The molecule has 1 aromatic carbocycles. The van der Waals surface area contributed by atoms with Crippen LogP contribution in [0.3, 0.4) is 0 Å². The molecule has 19 heavy (non-hydrogen) atoms. The first-order chi connectivity index (χ1) is 9.08. The van der Waals surface area contributed by atoms with Crippen molar-refractivity contribution in [2.24, 2.45) is 0 Å². The topological polar surface area (TPSA) is 52.0 Å². The lowest BCUT2D eigenvalue weighted by Crippen LogP contribution is -2.25. The molecule has 4 heteroatoms. The van der Waals surface area contributed by atoms with Gasteiger partial charge in [0, 0.05) is 18.0 Å². The predicted molar refractivity (Wildman–Crippen MR) is 73.4 cm³/mol. The molecule has 2 rings (SSSR count). The summed E-state index contributed by atoms with van der Waals surface area (Å²) in [5.74, 6) is 0.343. The van der Waals surface area contributed by atoms with Gasteiger partial charge in [-0.1, -0.05) is 38.1 Å². The summed E-state index contributed by atoms with van der Waals surface area (Å²) in [5.41, 5.74) is 1.39. The fourth-order valence-corrected chi connectivity index (χ4v) is 1.81. The molecule has 0 aliphatic carbocycles.